The van der Waals surface area contributed by atoms with Gasteiger partial charge in [0.15, 0.2) is 0 Å². The standard InChI is InChI=1S/C31H42N4O.2C2H6/c1-7-9-13-25(8-2)28-20-23(4)21-35(32-6)30(33-28)24(5)31(36)34-29(26-14-11-10-12-15-26)27-18-16-22(3)17-19-27;2*1-2/h8-19,23,28-29,32-33H,7,20-21H2,1-6H3,(H,34,36);2*1-2H3/b13-9?,25-8+,30-24+;;. The lowest BCUT2D eigenvalue weighted by molar-refractivity contribution is -0.118. The quantitative estimate of drug-likeness (QED) is 0.233. The Balaban J connectivity index is 0.00000191. The Kier molecular flexibility index (Phi) is 16.4. The fourth-order valence-electron chi connectivity index (χ4n) is 4.69. The molecule has 3 unspecified atom stereocenters. The first-order valence-corrected chi connectivity index (χ1v) is 15.0. The molecular weight excluding hydrogens is 492 g/mol. The summed E-state index contributed by atoms with van der Waals surface area (Å²) < 4.78 is 0. The van der Waals surface area contributed by atoms with Crippen molar-refractivity contribution in [3.8, 4) is 0 Å². The molecule has 220 valence electrons. The Morgan fingerprint density at radius 3 is 2.20 bits per heavy atom. The molecule has 1 fully saturated rings. The van der Waals surface area contributed by atoms with Gasteiger partial charge in [0.1, 0.15) is 5.82 Å². The first kappa shape index (κ1) is 34.7. The van der Waals surface area contributed by atoms with Crippen molar-refractivity contribution in [2.24, 2.45) is 5.92 Å². The van der Waals surface area contributed by atoms with E-state index in [0.717, 1.165) is 36.3 Å². The number of aryl methyl sites for hydroxylation is 1. The van der Waals surface area contributed by atoms with Crippen molar-refractivity contribution in [3.63, 3.8) is 0 Å². The van der Waals surface area contributed by atoms with Crippen LogP contribution >= 0.6 is 0 Å². The molecule has 2 aromatic rings. The molecule has 0 spiro atoms. The van der Waals surface area contributed by atoms with E-state index in [1.54, 1.807) is 0 Å². The normalized spacial score (nSPS) is 19.2. The van der Waals surface area contributed by atoms with Crippen molar-refractivity contribution in [1.82, 2.24) is 21.1 Å². The average molecular weight is 547 g/mol. The van der Waals surface area contributed by atoms with Crippen LogP contribution in [0.4, 0.5) is 0 Å². The Labute approximate surface area is 244 Å². The topological polar surface area (TPSA) is 56.4 Å². The lowest BCUT2D eigenvalue weighted by Crippen LogP contribution is -2.44. The molecule has 3 N–H and O–H groups in total. The molecule has 1 aliphatic heterocycles. The molecule has 1 saturated heterocycles. The number of allylic oxidation sites excluding steroid dienone is 2. The first-order valence-electron chi connectivity index (χ1n) is 15.0. The van der Waals surface area contributed by atoms with Gasteiger partial charge in [-0.25, -0.2) is 5.43 Å². The molecule has 1 aliphatic rings. The highest BCUT2D eigenvalue weighted by Gasteiger charge is 2.28. The zero-order valence-electron chi connectivity index (χ0n) is 26.6. The van der Waals surface area contributed by atoms with Gasteiger partial charge in [-0.2, -0.15) is 0 Å². The van der Waals surface area contributed by atoms with E-state index in [1.165, 1.54) is 11.1 Å². The van der Waals surface area contributed by atoms with Gasteiger partial charge in [-0.3, -0.25) is 9.80 Å². The monoisotopic (exact) mass is 546 g/mol. The van der Waals surface area contributed by atoms with Crippen molar-refractivity contribution < 1.29 is 4.79 Å². The molecule has 0 aliphatic carbocycles. The third-order valence-corrected chi connectivity index (χ3v) is 6.78. The fraction of sp³-hybridized carbons (Fsp3) is 0.457. The van der Waals surface area contributed by atoms with Gasteiger partial charge in [0, 0.05) is 13.6 Å². The lowest BCUT2D eigenvalue weighted by Gasteiger charge is -2.29. The second kappa shape index (κ2) is 18.9. The van der Waals surface area contributed by atoms with Gasteiger partial charge < -0.3 is 10.6 Å². The Bertz CT molecular complexity index is 1090. The molecule has 0 bridgehead atoms. The molecule has 40 heavy (non-hydrogen) atoms. The second-order valence-corrected chi connectivity index (χ2v) is 9.67. The number of carbonyl (C=O) groups excluding carboxylic acids is 1. The number of nitrogens with one attached hydrogen (secondary N) is 3. The maximum Gasteiger partial charge on any atom is 0.251 e. The zero-order valence-corrected chi connectivity index (χ0v) is 26.6. The first-order chi connectivity index (χ1) is 19.4. The smallest absolute Gasteiger partial charge is 0.251 e. The van der Waals surface area contributed by atoms with Gasteiger partial charge in [0.2, 0.25) is 0 Å². The van der Waals surface area contributed by atoms with E-state index in [1.807, 2.05) is 59.9 Å². The van der Waals surface area contributed by atoms with Crippen LogP contribution in [0, 0.1) is 12.8 Å². The van der Waals surface area contributed by atoms with Crippen LogP contribution in [0.25, 0.3) is 0 Å². The van der Waals surface area contributed by atoms with E-state index in [9.17, 15) is 4.79 Å². The van der Waals surface area contributed by atoms with E-state index >= 15 is 0 Å². The van der Waals surface area contributed by atoms with Gasteiger partial charge in [-0.05, 0) is 56.2 Å². The summed E-state index contributed by atoms with van der Waals surface area (Å²) in [6.45, 7) is 19.3. The molecule has 0 saturated carbocycles. The van der Waals surface area contributed by atoms with Crippen LogP contribution in [0.1, 0.15) is 91.0 Å². The van der Waals surface area contributed by atoms with Gasteiger partial charge in [-0.1, -0.05) is 120 Å². The van der Waals surface area contributed by atoms with Gasteiger partial charge in [0.25, 0.3) is 5.91 Å². The van der Waals surface area contributed by atoms with Gasteiger partial charge >= 0.3 is 0 Å². The molecule has 2 aromatic carbocycles. The van der Waals surface area contributed by atoms with E-state index in [-0.39, 0.29) is 18.0 Å². The van der Waals surface area contributed by atoms with Crippen LogP contribution in [0.2, 0.25) is 0 Å². The van der Waals surface area contributed by atoms with Crippen molar-refractivity contribution in [2.75, 3.05) is 13.6 Å². The van der Waals surface area contributed by atoms with Crippen molar-refractivity contribution >= 4 is 5.91 Å². The molecule has 0 aromatic heterocycles. The highest BCUT2D eigenvalue weighted by molar-refractivity contribution is 5.94. The summed E-state index contributed by atoms with van der Waals surface area (Å²) in [6, 6.07) is 18.4. The van der Waals surface area contributed by atoms with E-state index < -0.39 is 0 Å². The Hall–Kier alpha value is -3.31. The minimum absolute atomic E-state index is 0.0911. The number of carbonyl (C=O) groups is 1. The zero-order chi connectivity index (χ0) is 30.1. The Morgan fingerprint density at radius 1 is 1.05 bits per heavy atom. The van der Waals surface area contributed by atoms with Crippen LogP contribution in [-0.4, -0.2) is 30.6 Å². The maximum atomic E-state index is 13.7. The molecule has 1 heterocycles. The third kappa shape index (κ3) is 10.0. The van der Waals surface area contributed by atoms with Gasteiger partial charge in [0.05, 0.1) is 17.7 Å². The van der Waals surface area contributed by atoms with Crippen LogP contribution in [0.3, 0.4) is 0 Å². The number of amides is 1. The number of hydrogen-bond acceptors (Lipinski definition) is 4. The second-order valence-electron chi connectivity index (χ2n) is 9.67. The van der Waals surface area contributed by atoms with E-state index in [2.05, 4.69) is 103 Å². The fourth-order valence-corrected chi connectivity index (χ4v) is 4.69. The highest BCUT2D eigenvalue weighted by Crippen LogP contribution is 2.26. The summed E-state index contributed by atoms with van der Waals surface area (Å²) in [5.74, 6) is 1.17. The molecule has 0 radical (unpaired) electrons. The van der Waals surface area contributed by atoms with Crippen molar-refractivity contribution in [2.45, 2.75) is 87.2 Å². The number of nitrogens with zero attached hydrogens (tertiary/aromatic N) is 1. The summed E-state index contributed by atoms with van der Waals surface area (Å²) in [5.41, 5.74) is 8.51. The lowest BCUT2D eigenvalue weighted by atomic mass is 9.95. The summed E-state index contributed by atoms with van der Waals surface area (Å²) in [7, 11) is 1.91. The van der Waals surface area contributed by atoms with Crippen LogP contribution in [0.5, 0.6) is 0 Å². The molecule has 5 nitrogen and oxygen atoms in total. The van der Waals surface area contributed by atoms with Gasteiger partial charge in [-0.15, -0.1) is 0 Å². The minimum atomic E-state index is -0.239. The largest absolute Gasteiger partial charge is 0.364 e. The molecular formula is C35H54N4O. The van der Waals surface area contributed by atoms with E-state index in [0.29, 0.717) is 11.5 Å². The van der Waals surface area contributed by atoms with Crippen LogP contribution in [0.15, 0.2) is 89.8 Å². The maximum absolute atomic E-state index is 13.7. The molecule has 5 heteroatoms. The van der Waals surface area contributed by atoms with Crippen molar-refractivity contribution in [3.05, 3.63) is 106 Å². The summed E-state index contributed by atoms with van der Waals surface area (Å²) >= 11 is 0. The average Bonchev–Trinajstić information content (AvgIpc) is 3.17. The number of rotatable bonds is 8. The summed E-state index contributed by atoms with van der Waals surface area (Å²) in [5, 5.41) is 9.10. The molecule has 1 amide bonds. The summed E-state index contributed by atoms with van der Waals surface area (Å²) in [4.78, 5) is 13.7. The van der Waals surface area contributed by atoms with Crippen LogP contribution < -0.4 is 16.1 Å². The number of hydrazine groups is 1. The molecule has 3 atom stereocenters. The Morgan fingerprint density at radius 2 is 1.65 bits per heavy atom. The SMILES string of the molecule is C/C=C(\C=CCC)C1CC(C)CN(NC)/C(=C(\C)C(=O)NC(c2ccccc2)c2ccc(C)cc2)N1.CC.CC. The number of hydrogen-bond donors (Lipinski definition) is 3. The van der Waals surface area contributed by atoms with E-state index in [4.69, 9.17) is 0 Å². The predicted molar refractivity (Wildman–Crippen MR) is 173 cm³/mol. The molecule has 3 rings (SSSR count). The number of benzene rings is 2. The highest BCUT2D eigenvalue weighted by atomic mass is 16.1. The van der Waals surface area contributed by atoms with Crippen molar-refractivity contribution in [1.29, 1.82) is 0 Å². The predicted octanol–water partition coefficient (Wildman–Crippen LogP) is 7.83. The van der Waals surface area contributed by atoms with Crippen LogP contribution in [-0.2, 0) is 4.79 Å². The summed E-state index contributed by atoms with van der Waals surface area (Å²) in [6.07, 6.45) is 8.54. The third-order valence-electron chi connectivity index (χ3n) is 6.78. The minimum Gasteiger partial charge on any atom is -0.364 e.